The van der Waals surface area contributed by atoms with Crippen LogP contribution in [0.5, 0.6) is 5.75 Å². The molecule has 1 aromatic carbocycles. The van der Waals surface area contributed by atoms with E-state index in [1.807, 2.05) is 0 Å². The number of carbonyl (C=O) groups excluding carboxylic acids is 2. The molecule has 0 saturated heterocycles. The maximum atomic E-state index is 11.1. The zero-order valence-electron chi connectivity index (χ0n) is 10.5. The van der Waals surface area contributed by atoms with Gasteiger partial charge in [0.05, 0.1) is 25.7 Å². The fraction of sp³-hybridized carbons (Fsp3) is 0.385. The van der Waals surface area contributed by atoms with Gasteiger partial charge in [0.1, 0.15) is 12.4 Å². The van der Waals surface area contributed by atoms with Crippen LogP contribution in [0.3, 0.4) is 0 Å². The Morgan fingerprint density at radius 1 is 1.28 bits per heavy atom. The van der Waals surface area contributed by atoms with E-state index in [1.54, 1.807) is 25.3 Å². The minimum absolute atomic E-state index is 0.135. The van der Waals surface area contributed by atoms with Crippen LogP contribution in [-0.2, 0) is 20.7 Å². The molecule has 5 nitrogen and oxygen atoms in total. The zero-order chi connectivity index (χ0) is 13.4. The Bertz CT molecular complexity index is 414. The van der Waals surface area contributed by atoms with Crippen molar-refractivity contribution in [3.05, 3.63) is 29.3 Å². The van der Waals surface area contributed by atoms with Gasteiger partial charge in [-0.15, -0.1) is 0 Å². The molecule has 0 aliphatic carbocycles. The molecular formula is C13H16O5. The average molecular weight is 252 g/mol. The molecule has 0 unspecified atom stereocenters. The van der Waals surface area contributed by atoms with E-state index < -0.39 is 0 Å². The summed E-state index contributed by atoms with van der Waals surface area (Å²) in [4.78, 5) is 22.1. The predicted molar refractivity (Wildman–Crippen MR) is 64.9 cm³/mol. The van der Waals surface area contributed by atoms with Gasteiger partial charge in [0, 0.05) is 7.11 Å². The highest BCUT2D eigenvalue weighted by Gasteiger charge is 2.08. The molecule has 1 aromatic rings. The lowest BCUT2D eigenvalue weighted by Crippen LogP contribution is -2.07. The van der Waals surface area contributed by atoms with E-state index in [9.17, 15) is 9.59 Å². The highest BCUT2D eigenvalue weighted by Crippen LogP contribution is 2.19. The molecule has 0 aromatic heterocycles. The molecule has 0 radical (unpaired) electrons. The SMILES string of the molecule is COCCOc1ccc(CC(=O)OC)cc1C=O. The zero-order valence-corrected chi connectivity index (χ0v) is 10.5. The fourth-order valence-electron chi connectivity index (χ4n) is 1.41. The highest BCUT2D eigenvalue weighted by molar-refractivity contribution is 5.81. The lowest BCUT2D eigenvalue weighted by Gasteiger charge is -2.09. The van der Waals surface area contributed by atoms with Gasteiger partial charge in [-0.25, -0.2) is 0 Å². The van der Waals surface area contributed by atoms with Gasteiger partial charge in [-0.05, 0) is 17.7 Å². The number of benzene rings is 1. The van der Waals surface area contributed by atoms with Crippen molar-refractivity contribution in [2.24, 2.45) is 0 Å². The van der Waals surface area contributed by atoms with Gasteiger partial charge in [0.15, 0.2) is 6.29 Å². The number of ether oxygens (including phenoxy) is 3. The van der Waals surface area contributed by atoms with Crippen molar-refractivity contribution in [2.45, 2.75) is 6.42 Å². The minimum Gasteiger partial charge on any atom is -0.490 e. The molecule has 0 N–H and O–H groups in total. The first kappa shape index (κ1) is 14.2. The number of hydrogen-bond donors (Lipinski definition) is 0. The van der Waals surface area contributed by atoms with Gasteiger partial charge in [0.25, 0.3) is 0 Å². The Balaban J connectivity index is 2.76. The molecule has 0 aliphatic rings. The molecule has 1 rings (SSSR count). The largest absolute Gasteiger partial charge is 0.490 e. The molecule has 0 spiro atoms. The van der Waals surface area contributed by atoms with Crippen molar-refractivity contribution in [1.82, 2.24) is 0 Å². The Hall–Kier alpha value is -1.88. The van der Waals surface area contributed by atoms with Gasteiger partial charge in [-0.1, -0.05) is 6.07 Å². The fourth-order valence-corrected chi connectivity index (χ4v) is 1.41. The Morgan fingerprint density at radius 3 is 2.67 bits per heavy atom. The molecular weight excluding hydrogens is 236 g/mol. The van der Waals surface area contributed by atoms with E-state index in [0.717, 1.165) is 0 Å². The summed E-state index contributed by atoms with van der Waals surface area (Å²) in [6.45, 7) is 0.815. The number of methoxy groups -OCH3 is 2. The summed E-state index contributed by atoms with van der Waals surface area (Å²) in [6.07, 6.45) is 0.832. The number of rotatable bonds is 7. The van der Waals surface area contributed by atoms with Crippen molar-refractivity contribution in [1.29, 1.82) is 0 Å². The quantitative estimate of drug-likeness (QED) is 0.415. The maximum absolute atomic E-state index is 11.1. The van der Waals surface area contributed by atoms with Gasteiger partial charge >= 0.3 is 5.97 Å². The van der Waals surface area contributed by atoms with Crippen molar-refractivity contribution in [2.75, 3.05) is 27.4 Å². The average Bonchev–Trinajstić information content (AvgIpc) is 2.40. The summed E-state index contributed by atoms with van der Waals surface area (Å²) in [6, 6.07) is 5.01. The van der Waals surface area contributed by atoms with Crippen LogP contribution in [0.1, 0.15) is 15.9 Å². The predicted octanol–water partition coefficient (Wildman–Crippen LogP) is 1.24. The van der Waals surface area contributed by atoms with Crippen LogP contribution >= 0.6 is 0 Å². The molecule has 0 amide bonds. The summed E-state index contributed by atoms with van der Waals surface area (Å²) >= 11 is 0. The van der Waals surface area contributed by atoms with E-state index in [1.165, 1.54) is 7.11 Å². The van der Waals surface area contributed by atoms with Gasteiger partial charge in [-0.3, -0.25) is 9.59 Å². The molecule has 0 aliphatic heterocycles. The summed E-state index contributed by atoms with van der Waals surface area (Å²) < 4.78 is 14.8. The van der Waals surface area contributed by atoms with Gasteiger partial charge in [0.2, 0.25) is 0 Å². The Morgan fingerprint density at radius 2 is 2.06 bits per heavy atom. The third-order valence-corrected chi connectivity index (χ3v) is 2.32. The second kappa shape index (κ2) is 7.45. The standard InChI is InChI=1S/C13H16O5/c1-16-5-6-18-12-4-3-10(7-11(12)9-14)8-13(15)17-2/h3-4,7,9H,5-6,8H2,1-2H3. The monoisotopic (exact) mass is 252 g/mol. The van der Waals surface area contributed by atoms with Crippen LogP contribution in [0, 0.1) is 0 Å². The van der Waals surface area contributed by atoms with Crippen LogP contribution in [-0.4, -0.2) is 39.7 Å². The summed E-state index contributed by atoms with van der Waals surface area (Å²) in [5, 5.41) is 0. The molecule has 0 atom stereocenters. The van der Waals surface area contributed by atoms with E-state index in [2.05, 4.69) is 4.74 Å². The second-order valence-corrected chi connectivity index (χ2v) is 3.58. The summed E-state index contributed by atoms with van der Waals surface area (Å²) in [7, 11) is 2.90. The number of hydrogen-bond acceptors (Lipinski definition) is 5. The number of carbonyl (C=O) groups is 2. The summed E-state index contributed by atoms with van der Waals surface area (Å²) in [5.41, 5.74) is 1.12. The van der Waals surface area contributed by atoms with Crippen LogP contribution < -0.4 is 4.74 Å². The van der Waals surface area contributed by atoms with Crippen LogP contribution in [0.25, 0.3) is 0 Å². The molecule has 98 valence electrons. The lowest BCUT2D eigenvalue weighted by molar-refractivity contribution is -0.139. The highest BCUT2D eigenvalue weighted by atomic mass is 16.5. The Labute approximate surface area is 106 Å². The third-order valence-electron chi connectivity index (χ3n) is 2.32. The lowest BCUT2D eigenvalue weighted by atomic mass is 10.1. The molecule has 18 heavy (non-hydrogen) atoms. The summed E-state index contributed by atoms with van der Waals surface area (Å²) in [5.74, 6) is 0.135. The molecule has 0 heterocycles. The minimum atomic E-state index is -0.347. The Kier molecular flexibility index (Phi) is 5.87. The second-order valence-electron chi connectivity index (χ2n) is 3.58. The number of esters is 1. The molecule has 0 bridgehead atoms. The molecule has 5 heteroatoms. The van der Waals surface area contributed by atoms with E-state index in [-0.39, 0.29) is 12.4 Å². The molecule has 0 fully saturated rings. The van der Waals surface area contributed by atoms with Gasteiger partial charge < -0.3 is 14.2 Å². The van der Waals surface area contributed by atoms with Crippen molar-refractivity contribution < 1.29 is 23.8 Å². The third kappa shape index (κ3) is 4.18. The van der Waals surface area contributed by atoms with E-state index in [0.29, 0.717) is 36.4 Å². The van der Waals surface area contributed by atoms with Crippen molar-refractivity contribution >= 4 is 12.3 Å². The first-order valence-corrected chi connectivity index (χ1v) is 5.48. The normalized spacial score (nSPS) is 9.89. The van der Waals surface area contributed by atoms with Crippen molar-refractivity contribution in [3.63, 3.8) is 0 Å². The van der Waals surface area contributed by atoms with Crippen LogP contribution in [0.15, 0.2) is 18.2 Å². The van der Waals surface area contributed by atoms with E-state index in [4.69, 9.17) is 9.47 Å². The smallest absolute Gasteiger partial charge is 0.309 e. The van der Waals surface area contributed by atoms with Gasteiger partial charge in [-0.2, -0.15) is 0 Å². The number of aldehydes is 1. The van der Waals surface area contributed by atoms with E-state index >= 15 is 0 Å². The van der Waals surface area contributed by atoms with Crippen LogP contribution in [0.4, 0.5) is 0 Å². The maximum Gasteiger partial charge on any atom is 0.309 e. The first-order chi connectivity index (χ1) is 8.71. The topological polar surface area (TPSA) is 61.8 Å². The first-order valence-electron chi connectivity index (χ1n) is 5.48. The molecule has 0 saturated carbocycles. The van der Waals surface area contributed by atoms with Crippen molar-refractivity contribution in [3.8, 4) is 5.75 Å². The van der Waals surface area contributed by atoms with Crippen LogP contribution in [0.2, 0.25) is 0 Å².